The van der Waals surface area contributed by atoms with Crippen molar-refractivity contribution in [1.29, 1.82) is 0 Å². The van der Waals surface area contributed by atoms with Gasteiger partial charge in [-0.2, -0.15) is 0 Å². The molecule has 108 valence electrons. The zero-order chi connectivity index (χ0) is 15.6. The maximum absolute atomic E-state index is 13.4. The van der Waals surface area contributed by atoms with Gasteiger partial charge in [0.15, 0.2) is 5.82 Å². The highest BCUT2D eigenvalue weighted by Crippen LogP contribution is 2.30. The molecule has 0 fully saturated rings. The van der Waals surface area contributed by atoms with E-state index >= 15 is 0 Å². The molecule has 0 bridgehead atoms. The van der Waals surface area contributed by atoms with Gasteiger partial charge in [-0.15, -0.1) is 0 Å². The monoisotopic (exact) mass is 311 g/mol. The van der Waals surface area contributed by atoms with Gasteiger partial charge in [0, 0.05) is 23.4 Å². The van der Waals surface area contributed by atoms with E-state index in [-0.39, 0.29) is 16.3 Å². The van der Waals surface area contributed by atoms with Gasteiger partial charge >= 0.3 is 0 Å². The van der Waals surface area contributed by atoms with Crippen molar-refractivity contribution in [2.24, 2.45) is 4.99 Å². The van der Waals surface area contributed by atoms with Crippen LogP contribution in [0.3, 0.4) is 0 Å². The summed E-state index contributed by atoms with van der Waals surface area (Å²) in [7, 11) is 0. The van der Waals surface area contributed by atoms with E-state index in [1.165, 1.54) is 6.07 Å². The Morgan fingerprint density at radius 3 is 2.57 bits per heavy atom. The SMILES string of the molecule is O=[N+]([O-])c1cc(Cl)cc(C=Nc2ccc(F)cc2F)c1[O-]. The van der Waals surface area contributed by atoms with Crippen LogP contribution < -0.4 is 5.11 Å². The molecule has 0 aliphatic carbocycles. The fourth-order valence-corrected chi connectivity index (χ4v) is 1.78. The summed E-state index contributed by atoms with van der Waals surface area (Å²) in [5.74, 6) is -2.58. The summed E-state index contributed by atoms with van der Waals surface area (Å²) in [4.78, 5) is 13.5. The smallest absolute Gasteiger partial charge is 0.263 e. The van der Waals surface area contributed by atoms with Crippen LogP contribution in [0.5, 0.6) is 5.75 Å². The standard InChI is InChI=1S/C13H7ClF2N2O3/c14-8-3-7(13(19)12(4-8)18(20)21)6-17-11-2-1-9(15)5-10(11)16/h1-6,19H/p-1. The summed E-state index contributed by atoms with van der Waals surface area (Å²) in [6.45, 7) is 0. The van der Waals surface area contributed by atoms with E-state index < -0.39 is 28.0 Å². The third-order valence-electron chi connectivity index (χ3n) is 2.51. The minimum Gasteiger partial charge on any atom is -0.867 e. The maximum atomic E-state index is 13.4. The Kier molecular flexibility index (Phi) is 4.13. The van der Waals surface area contributed by atoms with Crippen LogP contribution in [0.25, 0.3) is 0 Å². The second kappa shape index (κ2) is 5.84. The van der Waals surface area contributed by atoms with Gasteiger partial charge in [0.05, 0.1) is 10.6 Å². The number of benzene rings is 2. The molecule has 2 aromatic carbocycles. The number of nitro benzene ring substituents is 1. The predicted octanol–water partition coefficient (Wildman–Crippen LogP) is 3.35. The molecule has 0 saturated carbocycles. The molecule has 21 heavy (non-hydrogen) atoms. The molecule has 0 aromatic heterocycles. The van der Waals surface area contributed by atoms with Crippen molar-refractivity contribution in [2.75, 3.05) is 0 Å². The molecule has 2 rings (SSSR count). The molecule has 0 unspecified atom stereocenters. The minimum absolute atomic E-state index is 0.0256. The molecule has 0 N–H and O–H groups in total. The lowest BCUT2D eigenvalue weighted by molar-refractivity contribution is -0.398. The molecule has 0 aliphatic rings. The van der Waals surface area contributed by atoms with Gasteiger partial charge in [0.1, 0.15) is 5.82 Å². The van der Waals surface area contributed by atoms with E-state index in [1.807, 2.05) is 0 Å². The number of rotatable bonds is 3. The van der Waals surface area contributed by atoms with Crippen LogP contribution >= 0.6 is 11.6 Å². The first kappa shape index (κ1) is 14.9. The Bertz CT molecular complexity index is 750. The van der Waals surface area contributed by atoms with E-state index in [9.17, 15) is 24.0 Å². The van der Waals surface area contributed by atoms with Gasteiger partial charge in [-0.05, 0) is 29.5 Å². The molecule has 0 heterocycles. The molecule has 0 radical (unpaired) electrons. The van der Waals surface area contributed by atoms with Crippen LogP contribution in [0.15, 0.2) is 35.3 Å². The van der Waals surface area contributed by atoms with Crippen molar-refractivity contribution >= 4 is 29.2 Å². The molecule has 0 spiro atoms. The normalized spacial score (nSPS) is 11.0. The lowest BCUT2D eigenvalue weighted by Gasteiger charge is -2.10. The Labute approximate surface area is 122 Å². The summed E-state index contributed by atoms with van der Waals surface area (Å²) in [6.07, 6.45) is 0.942. The van der Waals surface area contributed by atoms with Crippen molar-refractivity contribution < 1.29 is 18.8 Å². The number of nitrogens with zero attached hydrogens (tertiary/aromatic N) is 2. The van der Waals surface area contributed by atoms with Gasteiger partial charge in [-0.25, -0.2) is 8.78 Å². The number of nitro groups is 1. The molecule has 0 amide bonds. The first-order chi connectivity index (χ1) is 9.88. The van der Waals surface area contributed by atoms with Crippen molar-refractivity contribution in [3.05, 3.63) is 62.7 Å². The Balaban J connectivity index is 2.43. The highest BCUT2D eigenvalue weighted by molar-refractivity contribution is 6.31. The zero-order valence-electron chi connectivity index (χ0n) is 10.2. The third-order valence-corrected chi connectivity index (χ3v) is 2.73. The van der Waals surface area contributed by atoms with Crippen LogP contribution in [0.1, 0.15) is 5.56 Å². The van der Waals surface area contributed by atoms with Crippen molar-refractivity contribution in [3.8, 4) is 5.75 Å². The number of halogens is 3. The first-order valence-electron chi connectivity index (χ1n) is 5.52. The molecule has 0 saturated heterocycles. The molecular weight excluding hydrogens is 306 g/mol. The fourth-order valence-electron chi connectivity index (χ4n) is 1.56. The molecule has 0 aliphatic heterocycles. The Hall–Kier alpha value is -2.54. The lowest BCUT2D eigenvalue weighted by atomic mass is 10.2. The van der Waals surface area contributed by atoms with Crippen LogP contribution in [0.2, 0.25) is 5.02 Å². The van der Waals surface area contributed by atoms with E-state index in [0.717, 1.165) is 24.4 Å². The fraction of sp³-hybridized carbons (Fsp3) is 0. The largest absolute Gasteiger partial charge is 0.867 e. The lowest BCUT2D eigenvalue weighted by Crippen LogP contribution is -2.02. The minimum atomic E-state index is -0.921. The number of aliphatic imine (C=N–C) groups is 1. The van der Waals surface area contributed by atoms with Gasteiger partial charge in [-0.3, -0.25) is 15.1 Å². The molecule has 0 atom stereocenters. The van der Waals surface area contributed by atoms with Crippen molar-refractivity contribution in [2.45, 2.75) is 0 Å². The first-order valence-corrected chi connectivity index (χ1v) is 5.90. The highest BCUT2D eigenvalue weighted by atomic mass is 35.5. The predicted molar refractivity (Wildman–Crippen MR) is 71.2 cm³/mol. The quantitative estimate of drug-likeness (QED) is 0.495. The van der Waals surface area contributed by atoms with Gasteiger partial charge in [-0.1, -0.05) is 11.6 Å². The molecule has 8 heteroatoms. The van der Waals surface area contributed by atoms with Crippen LogP contribution in [0.4, 0.5) is 20.2 Å². The summed E-state index contributed by atoms with van der Waals surface area (Å²) >= 11 is 5.67. The van der Waals surface area contributed by atoms with E-state index in [2.05, 4.69) is 4.99 Å². The van der Waals surface area contributed by atoms with Crippen molar-refractivity contribution in [3.63, 3.8) is 0 Å². The van der Waals surface area contributed by atoms with Crippen molar-refractivity contribution in [1.82, 2.24) is 0 Å². The maximum Gasteiger partial charge on any atom is 0.263 e. The average Bonchev–Trinajstić information content (AvgIpc) is 2.40. The van der Waals surface area contributed by atoms with Gasteiger partial charge in [0.25, 0.3) is 5.69 Å². The summed E-state index contributed by atoms with van der Waals surface area (Å²) in [5, 5.41) is 22.4. The summed E-state index contributed by atoms with van der Waals surface area (Å²) < 4.78 is 26.1. The molecule has 5 nitrogen and oxygen atoms in total. The Morgan fingerprint density at radius 2 is 1.95 bits per heavy atom. The topological polar surface area (TPSA) is 78.6 Å². The van der Waals surface area contributed by atoms with E-state index in [1.54, 1.807) is 0 Å². The average molecular weight is 312 g/mol. The summed E-state index contributed by atoms with van der Waals surface area (Å²) in [5.41, 5.74) is -1.08. The van der Waals surface area contributed by atoms with E-state index in [0.29, 0.717) is 6.07 Å². The summed E-state index contributed by atoms with van der Waals surface area (Å²) in [6, 6.07) is 4.78. The van der Waals surface area contributed by atoms with Gasteiger partial charge < -0.3 is 5.11 Å². The van der Waals surface area contributed by atoms with Crippen LogP contribution in [-0.4, -0.2) is 11.1 Å². The van der Waals surface area contributed by atoms with Crippen LogP contribution in [-0.2, 0) is 0 Å². The molecular formula is C13H6ClF2N2O3-. The second-order valence-electron chi connectivity index (χ2n) is 3.95. The van der Waals surface area contributed by atoms with Gasteiger partial charge in [0.2, 0.25) is 0 Å². The number of hydrogen-bond acceptors (Lipinski definition) is 4. The highest BCUT2D eigenvalue weighted by Gasteiger charge is 2.11. The van der Waals surface area contributed by atoms with Crippen LogP contribution in [0, 0.1) is 21.7 Å². The zero-order valence-corrected chi connectivity index (χ0v) is 11.0. The third kappa shape index (κ3) is 3.32. The van der Waals surface area contributed by atoms with E-state index in [4.69, 9.17) is 11.6 Å². The Morgan fingerprint density at radius 1 is 1.24 bits per heavy atom. The molecule has 2 aromatic rings. The second-order valence-corrected chi connectivity index (χ2v) is 4.39. The number of hydrogen-bond donors (Lipinski definition) is 0.